The smallest absolute Gasteiger partial charge is 0.258 e. The van der Waals surface area contributed by atoms with Crippen LogP contribution in [0.5, 0.6) is 5.88 Å². The van der Waals surface area contributed by atoms with Crippen molar-refractivity contribution in [1.29, 1.82) is 0 Å². The molecule has 6 nitrogen and oxygen atoms in total. The molecule has 0 amide bonds. The average Bonchev–Trinajstić information content (AvgIpc) is 2.52. The lowest BCUT2D eigenvalue weighted by Gasteiger charge is -2.17. The highest BCUT2D eigenvalue weighted by atomic mass is 16.5. The van der Waals surface area contributed by atoms with E-state index in [1.54, 1.807) is 18.6 Å². The van der Waals surface area contributed by atoms with E-state index in [9.17, 15) is 0 Å². The highest BCUT2D eigenvalue weighted by Crippen LogP contribution is 2.26. The number of pyridine rings is 1. The van der Waals surface area contributed by atoms with Crippen LogP contribution in [0, 0.1) is 0 Å². The fraction of sp³-hybridized carbons (Fsp3) is 0.438. The summed E-state index contributed by atoms with van der Waals surface area (Å²) in [5, 5.41) is 0. The summed E-state index contributed by atoms with van der Waals surface area (Å²) in [6.07, 6.45) is 6.20. The Morgan fingerprint density at radius 2 is 1.82 bits per heavy atom. The summed E-state index contributed by atoms with van der Waals surface area (Å²) in [5.41, 5.74) is 1.77. The third kappa shape index (κ3) is 4.39. The van der Waals surface area contributed by atoms with Crippen LogP contribution in [0.1, 0.15) is 6.42 Å². The van der Waals surface area contributed by atoms with Crippen LogP contribution in [0.2, 0.25) is 0 Å². The molecule has 0 aliphatic carbocycles. The molecule has 6 heteroatoms. The van der Waals surface area contributed by atoms with Crippen molar-refractivity contribution in [2.75, 3.05) is 46.2 Å². The fourth-order valence-corrected chi connectivity index (χ4v) is 1.98. The van der Waals surface area contributed by atoms with Crippen LogP contribution < -0.4 is 9.64 Å². The second-order valence-corrected chi connectivity index (χ2v) is 5.52. The van der Waals surface area contributed by atoms with Crippen LogP contribution in [0.3, 0.4) is 0 Å². The largest absolute Gasteiger partial charge is 0.475 e. The molecule has 0 unspecified atom stereocenters. The maximum absolute atomic E-state index is 5.85. The Balaban J connectivity index is 2.17. The molecule has 118 valence electrons. The summed E-state index contributed by atoms with van der Waals surface area (Å²) in [4.78, 5) is 17.2. The van der Waals surface area contributed by atoms with E-state index in [1.165, 1.54) is 0 Å². The van der Waals surface area contributed by atoms with Gasteiger partial charge in [-0.3, -0.25) is 4.98 Å². The van der Waals surface area contributed by atoms with Crippen LogP contribution in [0.25, 0.3) is 11.3 Å². The molecule has 22 heavy (non-hydrogen) atoms. The lowest BCUT2D eigenvalue weighted by molar-refractivity contribution is 0.273. The summed E-state index contributed by atoms with van der Waals surface area (Å²) in [6, 6.07) is 3.82. The van der Waals surface area contributed by atoms with Crippen LogP contribution >= 0.6 is 0 Å². The summed E-state index contributed by atoms with van der Waals surface area (Å²) >= 11 is 0. The van der Waals surface area contributed by atoms with Gasteiger partial charge in [0.2, 0.25) is 0 Å². The van der Waals surface area contributed by atoms with Crippen molar-refractivity contribution in [2.45, 2.75) is 6.42 Å². The molecular formula is C16H23N5O. The van der Waals surface area contributed by atoms with Gasteiger partial charge in [0.25, 0.3) is 5.88 Å². The van der Waals surface area contributed by atoms with Crippen molar-refractivity contribution in [2.24, 2.45) is 0 Å². The predicted molar refractivity (Wildman–Crippen MR) is 88.3 cm³/mol. The summed E-state index contributed by atoms with van der Waals surface area (Å²) < 4.78 is 5.85. The number of nitrogens with zero attached hydrogens (tertiary/aromatic N) is 5. The Bertz CT molecular complexity index is 586. The summed E-state index contributed by atoms with van der Waals surface area (Å²) in [5.74, 6) is 1.31. The molecule has 0 fully saturated rings. The van der Waals surface area contributed by atoms with E-state index in [-0.39, 0.29) is 0 Å². The first-order valence-corrected chi connectivity index (χ1v) is 7.30. The lowest BCUT2D eigenvalue weighted by atomic mass is 10.2. The standard InChI is InChI=1S/C16H23N5O/c1-20(2)10-5-11-22-16-15(21(3)4)18-12-14(19-16)13-6-8-17-9-7-13/h6-9,12H,5,10-11H2,1-4H3. The molecular weight excluding hydrogens is 278 g/mol. The van der Waals surface area contributed by atoms with Crippen molar-refractivity contribution in [3.8, 4) is 17.1 Å². The maximum atomic E-state index is 5.85. The average molecular weight is 301 g/mol. The van der Waals surface area contributed by atoms with Crippen molar-refractivity contribution < 1.29 is 4.74 Å². The molecule has 0 radical (unpaired) electrons. The van der Waals surface area contributed by atoms with Crippen molar-refractivity contribution >= 4 is 5.82 Å². The van der Waals surface area contributed by atoms with Crippen molar-refractivity contribution in [3.05, 3.63) is 30.7 Å². The van der Waals surface area contributed by atoms with E-state index in [0.717, 1.165) is 30.0 Å². The minimum absolute atomic E-state index is 0.568. The van der Waals surface area contributed by atoms with Gasteiger partial charge in [0.15, 0.2) is 5.82 Å². The quantitative estimate of drug-likeness (QED) is 0.729. The van der Waals surface area contributed by atoms with Gasteiger partial charge in [0.05, 0.1) is 18.5 Å². The second kappa shape index (κ2) is 7.70. The molecule has 0 aliphatic rings. The van der Waals surface area contributed by atoms with Gasteiger partial charge in [0, 0.05) is 38.6 Å². The van der Waals surface area contributed by atoms with Crippen LogP contribution in [-0.4, -0.2) is 61.2 Å². The van der Waals surface area contributed by atoms with Gasteiger partial charge in [-0.15, -0.1) is 0 Å². The topological polar surface area (TPSA) is 54.4 Å². The number of hydrogen-bond donors (Lipinski definition) is 0. The van der Waals surface area contributed by atoms with Crippen LogP contribution in [-0.2, 0) is 0 Å². The number of anilines is 1. The minimum Gasteiger partial charge on any atom is -0.475 e. The molecule has 0 aliphatic heterocycles. The SMILES string of the molecule is CN(C)CCCOc1nc(-c2ccncc2)cnc1N(C)C. The molecule has 0 saturated heterocycles. The fourth-order valence-electron chi connectivity index (χ4n) is 1.98. The Hall–Kier alpha value is -2.21. The highest BCUT2D eigenvalue weighted by molar-refractivity contribution is 5.60. The van der Waals surface area contributed by atoms with Crippen LogP contribution in [0.4, 0.5) is 5.82 Å². The van der Waals surface area contributed by atoms with Gasteiger partial charge in [-0.25, -0.2) is 9.97 Å². The van der Waals surface area contributed by atoms with E-state index < -0.39 is 0 Å². The first-order chi connectivity index (χ1) is 10.6. The zero-order valence-electron chi connectivity index (χ0n) is 13.7. The molecule has 0 N–H and O–H groups in total. The molecule has 0 spiro atoms. The summed E-state index contributed by atoms with van der Waals surface area (Å²) in [6.45, 7) is 1.60. The first-order valence-electron chi connectivity index (χ1n) is 7.30. The van der Waals surface area contributed by atoms with Gasteiger partial charge in [-0.05, 0) is 32.6 Å². The molecule has 2 rings (SSSR count). The summed E-state index contributed by atoms with van der Waals surface area (Å²) in [7, 11) is 7.97. The third-order valence-corrected chi connectivity index (χ3v) is 3.11. The van der Waals surface area contributed by atoms with Crippen LogP contribution in [0.15, 0.2) is 30.7 Å². The Labute approximate surface area is 131 Å². The van der Waals surface area contributed by atoms with Crippen molar-refractivity contribution in [1.82, 2.24) is 19.9 Å². The number of rotatable bonds is 7. The number of hydrogen-bond acceptors (Lipinski definition) is 6. The van der Waals surface area contributed by atoms with E-state index in [2.05, 4.69) is 33.9 Å². The normalized spacial score (nSPS) is 10.8. The van der Waals surface area contributed by atoms with Gasteiger partial charge >= 0.3 is 0 Å². The van der Waals surface area contributed by atoms with E-state index in [4.69, 9.17) is 4.74 Å². The van der Waals surface area contributed by atoms with Gasteiger partial charge < -0.3 is 14.5 Å². The Morgan fingerprint density at radius 1 is 1.09 bits per heavy atom. The van der Waals surface area contributed by atoms with Gasteiger partial charge in [0.1, 0.15) is 0 Å². The zero-order valence-corrected chi connectivity index (χ0v) is 13.7. The molecule has 0 atom stereocenters. The number of aromatic nitrogens is 3. The molecule has 0 aromatic carbocycles. The van der Waals surface area contributed by atoms with Gasteiger partial charge in [-0.2, -0.15) is 0 Å². The van der Waals surface area contributed by atoms with E-state index in [1.807, 2.05) is 31.1 Å². The van der Waals surface area contributed by atoms with Gasteiger partial charge in [-0.1, -0.05) is 0 Å². The maximum Gasteiger partial charge on any atom is 0.258 e. The molecule has 2 aromatic heterocycles. The number of ether oxygens (including phenoxy) is 1. The zero-order chi connectivity index (χ0) is 15.9. The molecule has 2 heterocycles. The van der Waals surface area contributed by atoms with Crippen molar-refractivity contribution in [3.63, 3.8) is 0 Å². The first kappa shape index (κ1) is 16.2. The Kier molecular flexibility index (Phi) is 5.66. The minimum atomic E-state index is 0.568. The van der Waals surface area contributed by atoms with E-state index in [0.29, 0.717) is 12.5 Å². The lowest BCUT2D eigenvalue weighted by Crippen LogP contribution is -2.17. The molecule has 0 saturated carbocycles. The van der Waals surface area contributed by atoms with E-state index >= 15 is 0 Å². The highest BCUT2D eigenvalue weighted by Gasteiger charge is 2.12. The molecule has 0 bridgehead atoms. The third-order valence-electron chi connectivity index (χ3n) is 3.11. The Morgan fingerprint density at radius 3 is 2.45 bits per heavy atom. The predicted octanol–water partition coefficient (Wildman–Crippen LogP) is 1.94. The second-order valence-electron chi connectivity index (χ2n) is 5.52. The molecule has 2 aromatic rings. The monoisotopic (exact) mass is 301 g/mol.